The van der Waals surface area contributed by atoms with E-state index in [2.05, 4.69) is 4.57 Å². The van der Waals surface area contributed by atoms with Crippen LogP contribution in [0.1, 0.15) is 19.2 Å². The summed E-state index contributed by atoms with van der Waals surface area (Å²) in [5, 5.41) is 3.45. The minimum atomic E-state index is -0.795. The Labute approximate surface area is 315 Å². The van der Waals surface area contributed by atoms with Crippen LogP contribution in [-0.4, -0.2) is 4.57 Å². The van der Waals surface area contributed by atoms with Gasteiger partial charge in [0.15, 0.2) is 0 Å². The normalized spacial score (nSPS) is 15.4. The highest BCUT2D eigenvalue weighted by Gasteiger charge is 2.23. The molecule has 0 atom stereocenters. The molecule has 0 unspecified atom stereocenters. The van der Waals surface area contributed by atoms with Gasteiger partial charge in [0, 0.05) is 44.2 Å². The molecule has 0 aliphatic carbocycles. The van der Waals surface area contributed by atoms with E-state index in [9.17, 15) is 8.22 Å². The highest BCUT2D eigenvalue weighted by molar-refractivity contribution is 6.14. The van der Waals surface area contributed by atoms with Gasteiger partial charge in [-0.25, -0.2) is 0 Å². The van der Waals surface area contributed by atoms with E-state index in [1.54, 1.807) is 18.2 Å². The number of rotatable bonds is 6. The lowest BCUT2D eigenvalue weighted by Gasteiger charge is -2.28. The maximum Gasteiger partial charge on any atom is 0.145 e. The number of anilines is 3. The molecule has 0 saturated heterocycles. The molecule has 3 heteroatoms. The Kier molecular flexibility index (Phi) is 4.27. The van der Waals surface area contributed by atoms with Crippen LogP contribution in [0.2, 0.25) is 0 Å². The number of nitrogens with zero attached hydrogens (tertiary/aromatic N) is 2. The highest BCUT2D eigenvalue weighted by atomic mass is 16.3. The first-order valence-corrected chi connectivity index (χ1v) is 16.2. The summed E-state index contributed by atoms with van der Waals surface area (Å²) in [4.78, 5) is 1.11. The molecule has 240 valence electrons. The fraction of sp³-hybridized carbons (Fsp3) is 0. The Morgan fingerprint density at radius 2 is 1.08 bits per heavy atom. The first-order chi connectivity index (χ1) is 31.1. The lowest BCUT2D eigenvalue weighted by Crippen LogP contribution is -2.11. The van der Waals surface area contributed by atoms with Crippen LogP contribution in [0.4, 0.5) is 17.1 Å². The van der Waals surface area contributed by atoms with Crippen molar-refractivity contribution in [3.8, 4) is 27.9 Å². The summed E-state index contributed by atoms with van der Waals surface area (Å²) in [6.45, 7) is 0. The molecule has 0 amide bonds. The van der Waals surface area contributed by atoms with Gasteiger partial charge in [0.2, 0.25) is 0 Å². The van der Waals surface area contributed by atoms with Crippen LogP contribution in [0.15, 0.2) is 198 Å². The Morgan fingerprint density at radius 3 is 1.80 bits per heavy atom. The van der Waals surface area contributed by atoms with Crippen molar-refractivity contribution >= 4 is 60.8 Å². The Morgan fingerprint density at radius 1 is 0.471 bits per heavy atom. The maximum atomic E-state index is 9.58. The van der Waals surface area contributed by atoms with Crippen LogP contribution >= 0.6 is 0 Å². The molecule has 0 aliphatic rings. The minimum absolute atomic E-state index is 0.0609. The number of furan rings is 1. The largest absolute Gasteiger partial charge is 0.455 e. The molecule has 0 fully saturated rings. The van der Waals surface area contributed by atoms with Crippen LogP contribution in [0.3, 0.4) is 0 Å². The Bertz CT molecular complexity index is 3550. The molecular formula is C48H32N2O. The van der Waals surface area contributed by atoms with Crippen LogP contribution in [0, 0.1) is 0 Å². The molecule has 0 saturated carbocycles. The standard InChI is InChI=1S/C48H32N2O/c1-3-14-33(15-4-1)34-26-28-37(29-27-34)49(36-17-5-2-6-18-36)45-31-30-42-41-22-9-12-25-46(41)51-48(42)47(45)35-16-13-19-38(32-35)50-43-23-10-7-20-39(43)40-21-8-11-24-44(40)50/h1-32H/i1D,2D,3D,4D,5D,6D,14D,15D,17D,18D,26D,27D,28D,29D. The van der Waals surface area contributed by atoms with E-state index in [0.29, 0.717) is 27.7 Å². The second-order valence-corrected chi connectivity index (χ2v) is 11.9. The summed E-state index contributed by atoms with van der Waals surface area (Å²) in [6.07, 6.45) is 0. The molecule has 8 aromatic carbocycles. The summed E-state index contributed by atoms with van der Waals surface area (Å²) in [5.41, 5.74) is 2.15. The fourth-order valence-electron chi connectivity index (χ4n) is 6.87. The molecule has 51 heavy (non-hydrogen) atoms. The van der Waals surface area contributed by atoms with Gasteiger partial charge in [-0.05, 0) is 83.3 Å². The van der Waals surface area contributed by atoms with Gasteiger partial charge >= 0.3 is 0 Å². The smallest absolute Gasteiger partial charge is 0.145 e. The molecule has 10 rings (SSSR count). The number of aromatic nitrogens is 1. The van der Waals surface area contributed by atoms with Crippen molar-refractivity contribution < 1.29 is 23.6 Å². The first-order valence-electron chi connectivity index (χ1n) is 23.2. The van der Waals surface area contributed by atoms with E-state index in [-0.39, 0.29) is 5.69 Å². The van der Waals surface area contributed by atoms with Crippen molar-refractivity contribution in [2.45, 2.75) is 0 Å². The van der Waals surface area contributed by atoms with Crippen molar-refractivity contribution in [2.75, 3.05) is 4.90 Å². The van der Waals surface area contributed by atoms with E-state index in [1.165, 1.54) is 0 Å². The van der Waals surface area contributed by atoms with E-state index in [4.69, 9.17) is 15.4 Å². The molecule has 0 aliphatic heterocycles. The third-order valence-electron chi connectivity index (χ3n) is 9.03. The van der Waals surface area contributed by atoms with Crippen molar-refractivity contribution in [1.82, 2.24) is 4.57 Å². The Balaban J connectivity index is 1.34. The SMILES string of the molecule is [2H]c1c([2H])c([2H])c(-c2c([2H])c([2H])c(N(c3ccc4c(oc5ccccc54)c3-c3cccc(-n4c5ccccc5c5ccccc54)c3)c3c([2H])c([2H])c([2H])c([2H])c3[2H])c([2H])c2[2H])c([2H])c1[2H]. The zero-order chi connectivity index (χ0) is 45.9. The van der Waals surface area contributed by atoms with Gasteiger partial charge in [-0.15, -0.1) is 0 Å². The average molecular weight is 667 g/mol. The lowest BCUT2D eigenvalue weighted by molar-refractivity contribution is 0.670. The first kappa shape index (κ1) is 18.2. The maximum absolute atomic E-state index is 9.58. The fourth-order valence-corrected chi connectivity index (χ4v) is 6.87. The predicted molar refractivity (Wildman–Crippen MR) is 214 cm³/mol. The third kappa shape index (κ3) is 4.82. The minimum Gasteiger partial charge on any atom is -0.455 e. The van der Waals surface area contributed by atoms with Gasteiger partial charge in [0.1, 0.15) is 11.2 Å². The topological polar surface area (TPSA) is 21.3 Å². The summed E-state index contributed by atoms with van der Waals surface area (Å²) in [5.74, 6) is 0. The zero-order valence-electron chi connectivity index (χ0n) is 40.7. The van der Waals surface area contributed by atoms with E-state index < -0.39 is 107 Å². The van der Waals surface area contributed by atoms with Gasteiger partial charge in [-0.2, -0.15) is 0 Å². The molecule has 0 bridgehead atoms. The molecule has 2 aromatic heterocycles. The van der Waals surface area contributed by atoms with Gasteiger partial charge in [-0.3, -0.25) is 0 Å². The van der Waals surface area contributed by atoms with Crippen LogP contribution < -0.4 is 4.90 Å². The molecule has 3 nitrogen and oxygen atoms in total. The molecular weight excluding hydrogens is 621 g/mol. The quantitative estimate of drug-likeness (QED) is 0.176. The number of para-hydroxylation sites is 4. The van der Waals surface area contributed by atoms with Gasteiger partial charge in [-0.1, -0.05) is 127 Å². The lowest BCUT2D eigenvalue weighted by atomic mass is 9.97. The van der Waals surface area contributed by atoms with Gasteiger partial charge in [0.25, 0.3) is 0 Å². The van der Waals surface area contributed by atoms with Crippen LogP contribution in [-0.2, 0) is 0 Å². The van der Waals surface area contributed by atoms with E-state index in [1.807, 2.05) is 91.0 Å². The summed E-state index contributed by atoms with van der Waals surface area (Å²) >= 11 is 0. The predicted octanol–water partition coefficient (Wildman–Crippen LogP) is 13.5. The number of benzene rings is 8. The molecule has 0 spiro atoms. The summed E-state index contributed by atoms with van der Waals surface area (Å²) < 4.78 is 133. The van der Waals surface area contributed by atoms with Crippen LogP contribution in [0.5, 0.6) is 0 Å². The third-order valence-corrected chi connectivity index (χ3v) is 9.03. The Hall–Kier alpha value is -6.84. The second kappa shape index (κ2) is 11.9. The van der Waals surface area contributed by atoms with E-state index >= 15 is 0 Å². The number of fused-ring (bicyclic) bond motifs is 6. The van der Waals surface area contributed by atoms with Gasteiger partial charge < -0.3 is 13.9 Å². The molecule has 10 aromatic rings. The van der Waals surface area contributed by atoms with Gasteiger partial charge in [0.05, 0.1) is 35.9 Å². The second-order valence-electron chi connectivity index (χ2n) is 11.9. The highest BCUT2D eigenvalue weighted by Crippen LogP contribution is 2.47. The van der Waals surface area contributed by atoms with Crippen molar-refractivity contribution in [3.63, 3.8) is 0 Å². The molecule has 0 N–H and O–H groups in total. The molecule has 0 radical (unpaired) electrons. The summed E-state index contributed by atoms with van der Waals surface area (Å²) in [7, 11) is 0. The van der Waals surface area contributed by atoms with Crippen molar-refractivity contribution in [2.24, 2.45) is 0 Å². The zero-order valence-corrected chi connectivity index (χ0v) is 26.7. The van der Waals surface area contributed by atoms with Crippen LogP contribution in [0.25, 0.3) is 71.7 Å². The monoisotopic (exact) mass is 666 g/mol. The van der Waals surface area contributed by atoms with E-state index in [0.717, 1.165) is 37.8 Å². The number of hydrogen-bond acceptors (Lipinski definition) is 2. The molecule has 2 heterocycles. The average Bonchev–Trinajstić information content (AvgIpc) is 3.87. The van der Waals surface area contributed by atoms with Crippen molar-refractivity contribution in [3.05, 3.63) is 194 Å². The summed E-state index contributed by atoms with van der Waals surface area (Å²) in [6, 6.07) is 23.8. The van der Waals surface area contributed by atoms with Crippen molar-refractivity contribution in [1.29, 1.82) is 0 Å². The number of hydrogen-bond donors (Lipinski definition) is 0.